The van der Waals surface area contributed by atoms with Crippen molar-refractivity contribution in [3.63, 3.8) is 0 Å². The zero-order valence-corrected chi connectivity index (χ0v) is 21.8. The minimum Gasteiger partial charge on any atom is -0.507 e. The Balaban J connectivity index is 3.01. The van der Waals surface area contributed by atoms with Crippen LogP contribution in [0.15, 0.2) is 20.9 Å². The van der Waals surface area contributed by atoms with E-state index in [4.69, 9.17) is 4.42 Å². The molecule has 1 unspecified atom stereocenters. The molecule has 0 aliphatic heterocycles. The molecule has 0 radical (unpaired) electrons. The van der Waals surface area contributed by atoms with Gasteiger partial charge in [-0.05, 0) is 40.5 Å². The quantitative estimate of drug-likeness (QED) is 0.184. The van der Waals surface area contributed by atoms with Gasteiger partial charge in [-0.15, -0.1) is 0 Å². The van der Waals surface area contributed by atoms with Gasteiger partial charge in [0.1, 0.15) is 40.1 Å². The fourth-order valence-corrected chi connectivity index (χ4v) is 4.32. The monoisotopic (exact) mass is 500 g/mol. The summed E-state index contributed by atoms with van der Waals surface area (Å²) >= 11 is 0. The maximum Gasteiger partial charge on any atom is 0.343 e. The van der Waals surface area contributed by atoms with Crippen molar-refractivity contribution in [1.29, 1.82) is 0 Å². The number of aromatic hydroxyl groups is 4. The van der Waals surface area contributed by atoms with Crippen LogP contribution < -0.4 is 5.63 Å². The summed E-state index contributed by atoms with van der Waals surface area (Å²) in [5.41, 5.74) is -1.25. The van der Waals surface area contributed by atoms with Gasteiger partial charge >= 0.3 is 5.63 Å². The molecule has 8 heteroatoms. The number of hydrogen-bond donors (Lipinski definition) is 4. The van der Waals surface area contributed by atoms with Gasteiger partial charge in [-0.1, -0.05) is 38.3 Å². The van der Waals surface area contributed by atoms with E-state index in [0.29, 0.717) is 12.8 Å². The second-order valence-electron chi connectivity index (χ2n) is 9.26. The Morgan fingerprint density at radius 1 is 0.917 bits per heavy atom. The van der Waals surface area contributed by atoms with Crippen LogP contribution in [0, 0.1) is 6.92 Å². The first-order valence-corrected chi connectivity index (χ1v) is 12.2. The van der Waals surface area contributed by atoms with E-state index in [1.165, 1.54) is 6.92 Å². The molecule has 36 heavy (non-hydrogen) atoms. The third-order valence-corrected chi connectivity index (χ3v) is 6.33. The number of phenols is 3. The van der Waals surface area contributed by atoms with Gasteiger partial charge in [0.2, 0.25) is 0 Å². The van der Waals surface area contributed by atoms with Crippen LogP contribution >= 0.6 is 0 Å². The number of hydrogen-bond acceptors (Lipinski definition) is 8. The number of carbonyl (C=O) groups excluding carboxylic acids is 2. The van der Waals surface area contributed by atoms with E-state index in [0.717, 1.165) is 25.3 Å². The van der Waals surface area contributed by atoms with Gasteiger partial charge in [0.25, 0.3) is 0 Å². The van der Waals surface area contributed by atoms with Crippen LogP contribution in [0.2, 0.25) is 0 Å². The highest BCUT2D eigenvalue weighted by atomic mass is 16.4. The summed E-state index contributed by atoms with van der Waals surface area (Å²) in [4.78, 5) is 39.0. The number of phenolic OH excluding ortho intramolecular Hbond substituents is 3. The van der Waals surface area contributed by atoms with Gasteiger partial charge in [0, 0.05) is 24.0 Å². The summed E-state index contributed by atoms with van der Waals surface area (Å²) < 4.78 is 5.38. The van der Waals surface area contributed by atoms with Crippen molar-refractivity contribution in [3.8, 4) is 23.0 Å². The fraction of sp³-hybridized carbons (Fsp3) is 0.464. The summed E-state index contributed by atoms with van der Waals surface area (Å²) in [6.07, 6.45) is 4.04. The second kappa shape index (κ2) is 11.9. The lowest BCUT2D eigenvalue weighted by Crippen LogP contribution is -2.23. The largest absolute Gasteiger partial charge is 0.507 e. The molecule has 0 fully saturated rings. The van der Waals surface area contributed by atoms with Gasteiger partial charge < -0.3 is 24.8 Å². The van der Waals surface area contributed by atoms with Gasteiger partial charge in [-0.2, -0.15) is 0 Å². The number of aryl methyl sites for hydroxylation is 1. The molecule has 0 amide bonds. The van der Waals surface area contributed by atoms with Gasteiger partial charge in [0.05, 0.1) is 17.0 Å². The molecule has 0 aliphatic rings. The molecule has 1 aromatic heterocycles. The highest BCUT2D eigenvalue weighted by Crippen LogP contribution is 2.49. The van der Waals surface area contributed by atoms with Crippen LogP contribution in [0.4, 0.5) is 0 Å². The summed E-state index contributed by atoms with van der Waals surface area (Å²) in [6, 6.07) is 0. The topological polar surface area (TPSA) is 145 Å². The maximum atomic E-state index is 13.6. The van der Waals surface area contributed by atoms with E-state index in [2.05, 4.69) is 0 Å². The Morgan fingerprint density at radius 3 is 2.08 bits per heavy atom. The average molecular weight is 501 g/mol. The van der Waals surface area contributed by atoms with Crippen molar-refractivity contribution >= 4 is 11.6 Å². The predicted octanol–water partition coefficient (Wildman–Crippen LogP) is 5.33. The second-order valence-corrected chi connectivity index (χ2v) is 9.26. The maximum absolute atomic E-state index is 13.6. The van der Waals surface area contributed by atoms with E-state index < -0.39 is 62.8 Å². The first-order valence-electron chi connectivity index (χ1n) is 12.2. The molecule has 0 aliphatic carbocycles. The van der Waals surface area contributed by atoms with Crippen molar-refractivity contribution in [2.24, 2.45) is 0 Å². The van der Waals surface area contributed by atoms with Crippen molar-refractivity contribution in [2.45, 2.75) is 86.0 Å². The lowest BCUT2D eigenvalue weighted by atomic mass is 9.81. The Hall–Kier alpha value is -3.55. The van der Waals surface area contributed by atoms with Gasteiger partial charge in [-0.3, -0.25) is 9.59 Å². The first-order chi connectivity index (χ1) is 16.9. The predicted molar refractivity (Wildman–Crippen MR) is 136 cm³/mol. The van der Waals surface area contributed by atoms with E-state index >= 15 is 0 Å². The highest BCUT2D eigenvalue weighted by Gasteiger charge is 2.38. The minimum absolute atomic E-state index is 0.00129. The summed E-state index contributed by atoms with van der Waals surface area (Å²) in [5.74, 6) is -5.15. The van der Waals surface area contributed by atoms with Crippen LogP contribution in [0.3, 0.4) is 0 Å². The number of carbonyl (C=O) groups is 2. The smallest absolute Gasteiger partial charge is 0.343 e. The van der Waals surface area contributed by atoms with E-state index in [1.807, 2.05) is 20.8 Å². The molecule has 196 valence electrons. The zero-order valence-electron chi connectivity index (χ0n) is 21.8. The third-order valence-electron chi connectivity index (χ3n) is 6.33. The highest BCUT2D eigenvalue weighted by molar-refractivity contribution is 6.02. The summed E-state index contributed by atoms with van der Waals surface area (Å²) in [5, 5.41) is 44.1. The van der Waals surface area contributed by atoms with Crippen molar-refractivity contribution in [2.75, 3.05) is 0 Å². The molecule has 0 saturated heterocycles. The molecule has 0 saturated carbocycles. The van der Waals surface area contributed by atoms with Gasteiger partial charge in [0.15, 0.2) is 5.78 Å². The zero-order chi connectivity index (χ0) is 27.3. The Bertz CT molecular complexity index is 1250. The molecule has 8 nitrogen and oxygen atoms in total. The molecular weight excluding hydrogens is 464 g/mol. The van der Waals surface area contributed by atoms with Crippen molar-refractivity contribution in [1.82, 2.24) is 0 Å². The minimum atomic E-state index is -1.62. The number of rotatable bonds is 11. The van der Waals surface area contributed by atoms with Crippen LogP contribution in [0.25, 0.3) is 0 Å². The standard InChI is InChI=1S/C28H36O8/c1-7-9-10-11-18(30)21(23-24(31)15(5)19(8-2)36-28(23)35)22-26(33)17(13-12-14(3)4)25(32)20(16(6)29)27(22)34/h12,21,31-34H,7-11,13H2,1-6H3. The Morgan fingerprint density at radius 2 is 1.56 bits per heavy atom. The van der Waals surface area contributed by atoms with Crippen LogP contribution in [0.1, 0.15) is 105 Å². The third kappa shape index (κ3) is 5.64. The van der Waals surface area contributed by atoms with E-state index in [1.54, 1.807) is 13.0 Å². The lowest BCUT2D eigenvalue weighted by Gasteiger charge is -2.23. The normalized spacial score (nSPS) is 11.8. The molecule has 1 aromatic carbocycles. The summed E-state index contributed by atoms with van der Waals surface area (Å²) in [7, 11) is 0. The molecule has 2 rings (SSSR count). The van der Waals surface area contributed by atoms with Crippen LogP contribution in [0.5, 0.6) is 23.0 Å². The summed E-state index contributed by atoms with van der Waals surface area (Å²) in [6.45, 7) is 9.98. The van der Waals surface area contributed by atoms with Gasteiger partial charge in [-0.25, -0.2) is 4.79 Å². The SMILES string of the molecule is CCCCCC(=O)C(c1c(O)c(CC=C(C)C)c(O)c(C(C)=O)c1O)c1c(O)c(C)c(CC)oc1=O. The number of benzene rings is 1. The van der Waals surface area contributed by atoms with Crippen molar-refractivity contribution < 1.29 is 34.4 Å². The number of ketones is 2. The van der Waals surface area contributed by atoms with E-state index in [9.17, 15) is 34.8 Å². The van der Waals surface area contributed by atoms with E-state index in [-0.39, 0.29) is 29.7 Å². The average Bonchev–Trinajstić information content (AvgIpc) is 2.79. The van der Waals surface area contributed by atoms with Crippen LogP contribution in [-0.2, 0) is 17.6 Å². The number of Topliss-reactive ketones (excluding diaryl/α,β-unsaturated/α-hetero) is 2. The number of allylic oxidation sites excluding steroid dienone is 2. The van der Waals surface area contributed by atoms with Crippen LogP contribution in [-0.4, -0.2) is 32.0 Å². The molecule has 1 atom stereocenters. The Kier molecular flexibility index (Phi) is 9.50. The first kappa shape index (κ1) is 28.7. The van der Waals surface area contributed by atoms with Crippen molar-refractivity contribution in [3.05, 3.63) is 55.6 Å². The molecule has 4 N–H and O–H groups in total. The number of unbranched alkanes of at least 4 members (excludes halogenated alkanes) is 2. The molecule has 0 spiro atoms. The lowest BCUT2D eigenvalue weighted by molar-refractivity contribution is -0.120. The fourth-order valence-electron chi connectivity index (χ4n) is 4.32. The molecule has 1 heterocycles. The Labute approximate surface area is 210 Å². The molecule has 0 bridgehead atoms. The molecule has 2 aromatic rings. The molecular formula is C28H36O8.